The van der Waals surface area contributed by atoms with Crippen LogP contribution in [-0.2, 0) is 11.3 Å². The van der Waals surface area contributed by atoms with Gasteiger partial charge in [-0.1, -0.05) is 11.6 Å². The standard InChI is InChI=1S/C11H16ClN3O2/c1-2-15-11(9(12)7-14-15)10(16)5-8-6-13-3-4-17-8/h7-8,13H,2-6H2,1H3. The number of ether oxygens (including phenoxy) is 1. The number of halogens is 1. The zero-order valence-corrected chi connectivity index (χ0v) is 10.5. The fraction of sp³-hybridized carbons (Fsp3) is 0.636. The fourth-order valence-corrected chi connectivity index (χ4v) is 2.18. The van der Waals surface area contributed by atoms with Gasteiger partial charge in [-0.15, -0.1) is 0 Å². The molecule has 1 fully saturated rings. The summed E-state index contributed by atoms with van der Waals surface area (Å²) in [6.45, 7) is 4.77. The first-order valence-corrected chi connectivity index (χ1v) is 6.17. The van der Waals surface area contributed by atoms with Gasteiger partial charge in [0.05, 0.1) is 23.9 Å². The van der Waals surface area contributed by atoms with E-state index in [-0.39, 0.29) is 11.9 Å². The SMILES string of the molecule is CCn1ncc(Cl)c1C(=O)CC1CNCCO1. The Hall–Kier alpha value is -0.910. The predicted molar refractivity (Wildman–Crippen MR) is 64.5 cm³/mol. The smallest absolute Gasteiger partial charge is 0.185 e. The van der Waals surface area contributed by atoms with Crippen molar-refractivity contribution in [1.82, 2.24) is 15.1 Å². The number of nitrogens with one attached hydrogen (secondary N) is 1. The van der Waals surface area contributed by atoms with Crippen molar-refractivity contribution >= 4 is 17.4 Å². The molecule has 0 saturated carbocycles. The molecule has 1 aromatic heterocycles. The number of morpholine rings is 1. The van der Waals surface area contributed by atoms with Crippen molar-refractivity contribution in [2.24, 2.45) is 0 Å². The first kappa shape index (κ1) is 12.5. The van der Waals surface area contributed by atoms with Gasteiger partial charge < -0.3 is 10.1 Å². The van der Waals surface area contributed by atoms with Crippen molar-refractivity contribution in [3.63, 3.8) is 0 Å². The normalized spacial score (nSPS) is 20.5. The minimum atomic E-state index is -0.0625. The molecular weight excluding hydrogens is 242 g/mol. The molecule has 94 valence electrons. The summed E-state index contributed by atoms with van der Waals surface area (Å²) in [6, 6.07) is 0. The third-order valence-electron chi connectivity index (χ3n) is 2.78. The summed E-state index contributed by atoms with van der Waals surface area (Å²) in [5, 5.41) is 7.67. The minimum Gasteiger partial charge on any atom is -0.375 e. The average molecular weight is 258 g/mol. The summed E-state index contributed by atoms with van der Waals surface area (Å²) in [7, 11) is 0. The third kappa shape index (κ3) is 2.86. The van der Waals surface area contributed by atoms with Crippen molar-refractivity contribution in [3.8, 4) is 0 Å². The number of Topliss-reactive ketones (excluding diaryl/α,β-unsaturated/α-hetero) is 1. The van der Waals surface area contributed by atoms with E-state index < -0.39 is 0 Å². The maximum atomic E-state index is 12.1. The maximum Gasteiger partial charge on any atom is 0.185 e. The van der Waals surface area contributed by atoms with Crippen LogP contribution < -0.4 is 5.32 Å². The summed E-state index contributed by atoms with van der Waals surface area (Å²) in [5.41, 5.74) is 0.489. The van der Waals surface area contributed by atoms with E-state index in [1.54, 1.807) is 4.68 Å². The Morgan fingerprint density at radius 2 is 2.59 bits per heavy atom. The van der Waals surface area contributed by atoms with E-state index in [2.05, 4.69) is 10.4 Å². The van der Waals surface area contributed by atoms with Crippen LogP contribution in [0.25, 0.3) is 0 Å². The molecule has 1 aliphatic heterocycles. The van der Waals surface area contributed by atoms with E-state index in [4.69, 9.17) is 16.3 Å². The van der Waals surface area contributed by atoms with Crippen molar-refractivity contribution in [2.75, 3.05) is 19.7 Å². The van der Waals surface area contributed by atoms with Gasteiger partial charge in [0.2, 0.25) is 0 Å². The molecule has 0 amide bonds. The summed E-state index contributed by atoms with van der Waals surface area (Å²) in [5.74, 6) is -0.0111. The number of hydrogen-bond acceptors (Lipinski definition) is 4. The first-order valence-electron chi connectivity index (χ1n) is 5.79. The molecule has 1 atom stereocenters. The highest BCUT2D eigenvalue weighted by Gasteiger charge is 2.22. The molecule has 1 aliphatic rings. The molecule has 17 heavy (non-hydrogen) atoms. The van der Waals surface area contributed by atoms with Crippen LogP contribution in [-0.4, -0.2) is 41.4 Å². The zero-order valence-electron chi connectivity index (χ0n) is 9.78. The lowest BCUT2D eigenvalue weighted by molar-refractivity contribution is 0.0237. The van der Waals surface area contributed by atoms with Crippen LogP contribution >= 0.6 is 11.6 Å². The summed E-state index contributed by atoms with van der Waals surface area (Å²) in [4.78, 5) is 12.1. The number of carbonyl (C=O) groups is 1. The molecule has 2 heterocycles. The van der Waals surface area contributed by atoms with E-state index in [1.807, 2.05) is 6.92 Å². The molecule has 1 unspecified atom stereocenters. The number of rotatable bonds is 4. The maximum absolute atomic E-state index is 12.1. The lowest BCUT2D eigenvalue weighted by Gasteiger charge is -2.23. The van der Waals surface area contributed by atoms with Crippen LogP contribution in [0.15, 0.2) is 6.20 Å². The molecule has 1 N–H and O–H groups in total. The van der Waals surface area contributed by atoms with Crippen molar-refractivity contribution in [2.45, 2.75) is 26.0 Å². The van der Waals surface area contributed by atoms with Crippen molar-refractivity contribution in [1.29, 1.82) is 0 Å². The van der Waals surface area contributed by atoms with Crippen LogP contribution in [0, 0.1) is 0 Å². The highest BCUT2D eigenvalue weighted by Crippen LogP contribution is 2.18. The highest BCUT2D eigenvalue weighted by atomic mass is 35.5. The summed E-state index contributed by atoms with van der Waals surface area (Å²) in [6.07, 6.45) is 1.80. The highest BCUT2D eigenvalue weighted by molar-refractivity contribution is 6.33. The van der Waals surface area contributed by atoms with Crippen LogP contribution in [0.2, 0.25) is 5.02 Å². The Morgan fingerprint density at radius 3 is 3.24 bits per heavy atom. The van der Waals surface area contributed by atoms with Gasteiger partial charge in [-0.3, -0.25) is 9.48 Å². The second-order valence-corrected chi connectivity index (χ2v) is 4.39. The molecule has 1 saturated heterocycles. The number of ketones is 1. The summed E-state index contributed by atoms with van der Waals surface area (Å²) >= 11 is 5.98. The predicted octanol–water partition coefficient (Wildman–Crippen LogP) is 1.12. The minimum absolute atomic E-state index is 0.0111. The Balaban J connectivity index is 2.05. The van der Waals surface area contributed by atoms with Gasteiger partial charge in [-0.05, 0) is 6.92 Å². The Morgan fingerprint density at radius 1 is 1.76 bits per heavy atom. The Kier molecular flexibility index (Phi) is 4.15. The first-order chi connectivity index (χ1) is 8.22. The molecule has 5 nitrogen and oxygen atoms in total. The van der Waals surface area contributed by atoms with Gasteiger partial charge in [0.25, 0.3) is 0 Å². The largest absolute Gasteiger partial charge is 0.375 e. The molecule has 0 spiro atoms. The van der Waals surface area contributed by atoms with Gasteiger partial charge in [0.1, 0.15) is 5.69 Å². The van der Waals surface area contributed by atoms with Crippen LogP contribution in [0.4, 0.5) is 0 Å². The number of carbonyl (C=O) groups excluding carboxylic acids is 1. The fourth-order valence-electron chi connectivity index (χ4n) is 1.93. The Bertz CT molecular complexity index is 399. The van der Waals surface area contributed by atoms with E-state index in [0.717, 1.165) is 6.54 Å². The van der Waals surface area contributed by atoms with Gasteiger partial charge in [0, 0.05) is 26.1 Å². The molecule has 2 rings (SSSR count). The number of nitrogens with zero attached hydrogens (tertiary/aromatic N) is 2. The van der Waals surface area contributed by atoms with E-state index in [9.17, 15) is 4.79 Å². The average Bonchev–Trinajstić information content (AvgIpc) is 2.71. The summed E-state index contributed by atoms with van der Waals surface area (Å²) < 4.78 is 7.13. The molecule has 1 aromatic rings. The topological polar surface area (TPSA) is 56.2 Å². The lowest BCUT2D eigenvalue weighted by atomic mass is 10.1. The second kappa shape index (κ2) is 5.62. The number of aryl methyl sites for hydroxylation is 1. The van der Waals surface area contributed by atoms with Crippen LogP contribution in [0.1, 0.15) is 23.8 Å². The molecule has 0 aromatic carbocycles. The van der Waals surface area contributed by atoms with E-state index in [1.165, 1.54) is 6.20 Å². The van der Waals surface area contributed by atoms with Gasteiger partial charge >= 0.3 is 0 Å². The zero-order chi connectivity index (χ0) is 12.3. The molecule has 6 heteroatoms. The van der Waals surface area contributed by atoms with Crippen LogP contribution in [0.5, 0.6) is 0 Å². The van der Waals surface area contributed by atoms with E-state index in [0.29, 0.717) is 36.8 Å². The molecular formula is C11H16ClN3O2. The van der Waals surface area contributed by atoms with Crippen molar-refractivity contribution < 1.29 is 9.53 Å². The molecule has 0 radical (unpaired) electrons. The Labute approximate surface area is 105 Å². The van der Waals surface area contributed by atoms with E-state index >= 15 is 0 Å². The molecule has 0 bridgehead atoms. The van der Waals surface area contributed by atoms with Gasteiger partial charge in [0.15, 0.2) is 5.78 Å². The van der Waals surface area contributed by atoms with Gasteiger partial charge in [-0.2, -0.15) is 5.10 Å². The number of aromatic nitrogens is 2. The lowest BCUT2D eigenvalue weighted by Crippen LogP contribution is -2.39. The second-order valence-electron chi connectivity index (χ2n) is 3.98. The van der Waals surface area contributed by atoms with Gasteiger partial charge in [-0.25, -0.2) is 0 Å². The monoisotopic (exact) mass is 257 g/mol. The van der Waals surface area contributed by atoms with Crippen molar-refractivity contribution in [3.05, 3.63) is 16.9 Å². The third-order valence-corrected chi connectivity index (χ3v) is 3.05. The quantitative estimate of drug-likeness (QED) is 0.822. The number of hydrogen-bond donors (Lipinski definition) is 1. The molecule has 0 aliphatic carbocycles. The van der Waals surface area contributed by atoms with Crippen LogP contribution in [0.3, 0.4) is 0 Å².